The van der Waals surface area contributed by atoms with E-state index in [1.165, 1.54) is 186 Å². The van der Waals surface area contributed by atoms with Crippen LogP contribution < -0.4 is 5.32 Å². The average Bonchev–Trinajstić information content (AvgIpc) is 3.13. The number of allylic oxidation sites excluding steroid dienone is 5. The molecule has 51 heavy (non-hydrogen) atoms. The van der Waals surface area contributed by atoms with E-state index in [9.17, 15) is 15.0 Å². The van der Waals surface area contributed by atoms with Crippen molar-refractivity contribution in [1.29, 1.82) is 0 Å². The summed E-state index contributed by atoms with van der Waals surface area (Å²) in [6, 6.07) is -0.639. The molecule has 0 aliphatic heterocycles. The molecular formula is C47H89NO3. The van der Waals surface area contributed by atoms with Crippen molar-refractivity contribution < 1.29 is 15.0 Å². The van der Waals surface area contributed by atoms with Crippen molar-refractivity contribution >= 4 is 5.91 Å². The second-order valence-electron chi connectivity index (χ2n) is 15.5. The van der Waals surface area contributed by atoms with Crippen LogP contribution in [0.2, 0.25) is 0 Å². The van der Waals surface area contributed by atoms with Crippen molar-refractivity contribution in [1.82, 2.24) is 5.32 Å². The second-order valence-corrected chi connectivity index (χ2v) is 15.5. The number of aliphatic hydroxyl groups excluding tert-OH is 2. The van der Waals surface area contributed by atoms with E-state index in [1.807, 2.05) is 6.08 Å². The molecule has 0 bridgehead atoms. The van der Waals surface area contributed by atoms with E-state index >= 15 is 0 Å². The number of hydrogen-bond acceptors (Lipinski definition) is 3. The van der Waals surface area contributed by atoms with Gasteiger partial charge in [0.25, 0.3) is 0 Å². The Morgan fingerprint density at radius 3 is 1.14 bits per heavy atom. The summed E-state index contributed by atoms with van der Waals surface area (Å²) in [6.07, 6.45) is 56.9. The molecule has 0 aromatic rings. The molecule has 3 N–H and O–H groups in total. The number of rotatable bonds is 41. The normalized spacial score (nSPS) is 13.3. The highest BCUT2D eigenvalue weighted by Gasteiger charge is 2.17. The largest absolute Gasteiger partial charge is 0.394 e. The van der Waals surface area contributed by atoms with Gasteiger partial charge in [-0.15, -0.1) is 0 Å². The van der Waals surface area contributed by atoms with Crippen LogP contribution in [0.1, 0.15) is 239 Å². The van der Waals surface area contributed by atoms with Gasteiger partial charge in [-0.25, -0.2) is 0 Å². The number of nitrogens with one attached hydrogen (secondary N) is 1. The van der Waals surface area contributed by atoms with Crippen LogP contribution in [-0.4, -0.2) is 34.9 Å². The van der Waals surface area contributed by atoms with Gasteiger partial charge in [0.15, 0.2) is 0 Å². The van der Waals surface area contributed by atoms with Gasteiger partial charge in [-0.3, -0.25) is 4.79 Å². The molecule has 0 heterocycles. The molecule has 0 aliphatic carbocycles. The Hall–Kier alpha value is -1.39. The molecule has 0 saturated carbocycles. The zero-order chi connectivity index (χ0) is 37.1. The van der Waals surface area contributed by atoms with Gasteiger partial charge < -0.3 is 15.5 Å². The highest BCUT2D eigenvalue weighted by molar-refractivity contribution is 5.76. The molecule has 300 valence electrons. The maximum Gasteiger partial charge on any atom is 0.220 e. The van der Waals surface area contributed by atoms with Crippen LogP contribution >= 0.6 is 0 Å². The van der Waals surface area contributed by atoms with Gasteiger partial charge >= 0.3 is 0 Å². The Labute approximate surface area is 319 Å². The van der Waals surface area contributed by atoms with Crippen LogP contribution in [0.15, 0.2) is 36.5 Å². The van der Waals surface area contributed by atoms with Crippen molar-refractivity contribution in [2.45, 2.75) is 251 Å². The zero-order valence-corrected chi connectivity index (χ0v) is 34.4. The van der Waals surface area contributed by atoms with Crippen LogP contribution in [-0.2, 0) is 4.79 Å². The second kappa shape index (κ2) is 43.0. The molecule has 0 rings (SSSR count). The fraction of sp³-hybridized carbons (Fsp3) is 0.851. The minimum absolute atomic E-state index is 0.0761. The molecule has 0 aromatic carbocycles. The predicted molar refractivity (Wildman–Crippen MR) is 225 cm³/mol. The van der Waals surface area contributed by atoms with Crippen LogP contribution in [0.25, 0.3) is 0 Å². The average molecular weight is 716 g/mol. The lowest BCUT2D eigenvalue weighted by molar-refractivity contribution is -0.123. The summed E-state index contributed by atoms with van der Waals surface area (Å²) in [6.45, 7) is 4.30. The highest BCUT2D eigenvalue weighted by Crippen LogP contribution is 2.15. The maximum absolute atomic E-state index is 12.4. The smallest absolute Gasteiger partial charge is 0.220 e. The van der Waals surface area contributed by atoms with Crippen LogP contribution in [0.3, 0.4) is 0 Å². The predicted octanol–water partition coefficient (Wildman–Crippen LogP) is 14.2. The third kappa shape index (κ3) is 39.6. The van der Waals surface area contributed by atoms with Crippen molar-refractivity contribution in [3.05, 3.63) is 36.5 Å². The molecule has 0 radical (unpaired) electrons. The minimum atomic E-state index is -0.861. The minimum Gasteiger partial charge on any atom is -0.394 e. The number of unbranched alkanes of at least 4 members (excludes halogenated alkanes) is 30. The van der Waals surface area contributed by atoms with E-state index in [4.69, 9.17) is 0 Å². The lowest BCUT2D eigenvalue weighted by atomic mass is 10.0. The summed E-state index contributed by atoms with van der Waals surface area (Å²) in [4.78, 5) is 12.4. The first-order valence-corrected chi connectivity index (χ1v) is 22.7. The third-order valence-electron chi connectivity index (χ3n) is 10.3. The molecule has 0 aliphatic rings. The summed E-state index contributed by atoms with van der Waals surface area (Å²) >= 11 is 0. The van der Waals surface area contributed by atoms with Crippen molar-refractivity contribution in [2.24, 2.45) is 0 Å². The summed E-state index contributed by atoms with van der Waals surface area (Å²) in [5.41, 5.74) is 0. The van der Waals surface area contributed by atoms with Gasteiger partial charge in [0.2, 0.25) is 5.91 Å². The van der Waals surface area contributed by atoms with E-state index in [-0.39, 0.29) is 12.5 Å². The van der Waals surface area contributed by atoms with Crippen molar-refractivity contribution in [3.8, 4) is 0 Å². The Kier molecular flexibility index (Phi) is 41.8. The fourth-order valence-electron chi connectivity index (χ4n) is 6.84. The lowest BCUT2D eigenvalue weighted by Crippen LogP contribution is -2.45. The molecule has 0 saturated heterocycles. The van der Waals surface area contributed by atoms with Crippen molar-refractivity contribution in [2.75, 3.05) is 6.61 Å². The molecule has 1 amide bonds. The Bertz CT molecular complexity index is 775. The van der Waals surface area contributed by atoms with Gasteiger partial charge in [-0.05, 0) is 57.8 Å². The summed E-state index contributed by atoms with van der Waals surface area (Å²) in [5, 5.41) is 23.0. The van der Waals surface area contributed by atoms with Crippen LogP contribution in [0.4, 0.5) is 0 Å². The van der Waals surface area contributed by atoms with E-state index < -0.39 is 12.1 Å². The molecule has 0 spiro atoms. The fourth-order valence-corrected chi connectivity index (χ4v) is 6.84. The quantitative estimate of drug-likeness (QED) is 0.0436. The number of carbonyl (C=O) groups is 1. The van der Waals surface area contributed by atoms with Gasteiger partial charge in [-0.2, -0.15) is 0 Å². The molecule has 0 aromatic heterocycles. The number of amides is 1. The highest BCUT2D eigenvalue weighted by atomic mass is 16.3. The number of hydrogen-bond donors (Lipinski definition) is 3. The summed E-state index contributed by atoms with van der Waals surface area (Å²) in [7, 11) is 0. The van der Waals surface area contributed by atoms with E-state index in [0.717, 1.165) is 32.1 Å². The lowest BCUT2D eigenvalue weighted by Gasteiger charge is -2.19. The maximum atomic E-state index is 12.4. The molecule has 2 unspecified atom stereocenters. The van der Waals surface area contributed by atoms with Gasteiger partial charge in [0.1, 0.15) is 0 Å². The topological polar surface area (TPSA) is 69.6 Å². The van der Waals surface area contributed by atoms with Gasteiger partial charge in [0.05, 0.1) is 18.8 Å². The monoisotopic (exact) mass is 716 g/mol. The Morgan fingerprint density at radius 1 is 0.451 bits per heavy atom. The first-order chi connectivity index (χ1) is 25.2. The SMILES string of the molecule is CCCCCCCCCCC/C=C/CC/C=C/C(O)C(CO)NC(=O)CCCCCCCCCC/C=C\CCCCCCCCCCCCCC. The first kappa shape index (κ1) is 49.6. The number of carbonyl (C=O) groups excluding carboxylic acids is 1. The zero-order valence-electron chi connectivity index (χ0n) is 34.4. The Morgan fingerprint density at radius 2 is 0.765 bits per heavy atom. The standard InChI is InChI=1S/C47H89NO3/c1-3-5-7-9-11-13-15-17-19-20-21-22-23-24-25-26-27-29-31-33-35-37-39-41-43-47(51)48-45(44-49)46(50)42-40-38-36-34-32-30-28-18-16-14-12-10-8-6-4-2/h24-25,32,34,40,42,45-46,49-50H,3-23,26-31,33,35-39,41,43-44H2,1-2H3,(H,48,51)/b25-24-,34-32+,42-40+. The Balaban J connectivity index is 3.56. The van der Waals surface area contributed by atoms with Crippen LogP contribution in [0, 0.1) is 0 Å². The van der Waals surface area contributed by atoms with Crippen molar-refractivity contribution in [3.63, 3.8) is 0 Å². The van der Waals surface area contributed by atoms with E-state index in [2.05, 4.69) is 43.5 Å². The number of aliphatic hydroxyl groups is 2. The van der Waals surface area contributed by atoms with E-state index in [1.54, 1.807) is 6.08 Å². The molecule has 4 nitrogen and oxygen atoms in total. The molecule has 4 heteroatoms. The van der Waals surface area contributed by atoms with Gasteiger partial charge in [-0.1, -0.05) is 211 Å². The van der Waals surface area contributed by atoms with Gasteiger partial charge in [0, 0.05) is 6.42 Å². The third-order valence-corrected chi connectivity index (χ3v) is 10.3. The molecule has 2 atom stereocenters. The van der Waals surface area contributed by atoms with Crippen LogP contribution in [0.5, 0.6) is 0 Å². The summed E-state index contributed by atoms with van der Waals surface area (Å²) in [5.74, 6) is -0.0761. The molecular weight excluding hydrogens is 627 g/mol. The van der Waals surface area contributed by atoms with E-state index in [0.29, 0.717) is 6.42 Å². The molecule has 0 fully saturated rings. The summed E-state index contributed by atoms with van der Waals surface area (Å²) < 4.78 is 0. The first-order valence-electron chi connectivity index (χ1n) is 22.7.